The van der Waals surface area contributed by atoms with E-state index in [0.717, 1.165) is 27.9 Å². The van der Waals surface area contributed by atoms with Gasteiger partial charge in [-0.3, -0.25) is 14.4 Å². The van der Waals surface area contributed by atoms with Crippen molar-refractivity contribution in [2.24, 2.45) is 0 Å². The highest BCUT2D eigenvalue weighted by Crippen LogP contribution is 2.32. The lowest BCUT2D eigenvalue weighted by Gasteiger charge is -2.43. The van der Waals surface area contributed by atoms with Crippen molar-refractivity contribution < 1.29 is 57.5 Å². The number of benzene rings is 1. The number of rotatable bonds is 7. The Morgan fingerprint density at radius 2 is 1.38 bits per heavy atom. The molecule has 0 amide bonds. The van der Waals surface area contributed by atoms with E-state index in [0.29, 0.717) is 0 Å². The molecule has 1 heterocycles. The maximum Gasteiger partial charge on any atom is 0.339 e. The van der Waals surface area contributed by atoms with E-state index < -0.39 is 60.6 Å². The first-order chi connectivity index (χ1) is 15.0. The molecule has 0 saturated carbocycles. The largest absolute Gasteiger partial charge is 0.478 e. The molecule has 0 aliphatic carbocycles. The van der Waals surface area contributed by atoms with Crippen LogP contribution in [0.1, 0.15) is 31.1 Å². The van der Waals surface area contributed by atoms with Crippen LogP contribution in [0.3, 0.4) is 0 Å². The number of ether oxygens (including phenoxy) is 6. The van der Waals surface area contributed by atoms with Gasteiger partial charge in [0.1, 0.15) is 11.3 Å². The zero-order valence-corrected chi connectivity index (χ0v) is 17.6. The third-order valence-corrected chi connectivity index (χ3v) is 4.20. The molecule has 1 aromatic carbocycles. The Hall–Kier alpha value is -3.67. The zero-order valence-electron chi connectivity index (χ0n) is 17.6. The lowest BCUT2D eigenvalue weighted by atomic mass is 9.97. The maximum atomic E-state index is 12.4. The SMILES string of the molecule is COC(=O)C1O[C@H](Oc2ccccc2C(=O)O)[C@H](OC(C)=O)[C@H](OC(C)=O)[C@@H]1OC(C)=O. The molecule has 0 aromatic heterocycles. The van der Waals surface area contributed by atoms with E-state index in [2.05, 4.69) is 4.74 Å². The van der Waals surface area contributed by atoms with Gasteiger partial charge in [-0.15, -0.1) is 0 Å². The first-order valence-electron chi connectivity index (χ1n) is 9.29. The number of para-hydroxylation sites is 1. The minimum Gasteiger partial charge on any atom is -0.478 e. The fourth-order valence-electron chi connectivity index (χ4n) is 3.05. The Balaban J connectivity index is 2.56. The molecule has 0 spiro atoms. The molecular weight excluding hydrogens is 432 g/mol. The molecule has 1 unspecified atom stereocenters. The summed E-state index contributed by atoms with van der Waals surface area (Å²) in [5, 5.41) is 9.39. The van der Waals surface area contributed by atoms with Crippen LogP contribution in [0.2, 0.25) is 0 Å². The molecule has 12 heteroatoms. The van der Waals surface area contributed by atoms with E-state index in [9.17, 15) is 29.1 Å². The van der Waals surface area contributed by atoms with Gasteiger partial charge < -0.3 is 33.5 Å². The lowest BCUT2D eigenvalue weighted by molar-refractivity contribution is -0.282. The van der Waals surface area contributed by atoms with Crippen LogP contribution < -0.4 is 4.74 Å². The second kappa shape index (κ2) is 10.6. The Kier molecular flexibility index (Phi) is 8.13. The number of aromatic carboxylic acids is 1. The van der Waals surface area contributed by atoms with Crippen LogP contribution in [0.25, 0.3) is 0 Å². The highest BCUT2D eigenvalue weighted by molar-refractivity contribution is 5.90. The van der Waals surface area contributed by atoms with Crippen LogP contribution in [0.15, 0.2) is 24.3 Å². The number of esters is 4. The summed E-state index contributed by atoms with van der Waals surface area (Å²) >= 11 is 0. The predicted molar refractivity (Wildman–Crippen MR) is 101 cm³/mol. The van der Waals surface area contributed by atoms with Crippen molar-refractivity contribution in [1.29, 1.82) is 0 Å². The number of methoxy groups -OCH3 is 1. The van der Waals surface area contributed by atoms with Crippen LogP contribution in [0, 0.1) is 0 Å². The topological polar surface area (TPSA) is 161 Å². The molecule has 1 aromatic rings. The monoisotopic (exact) mass is 454 g/mol. The van der Waals surface area contributed by atoms with E-state index in [4.69, 9.17) is 23.7 Å². The Labute approximate surface area is 182 Å². The normalized spacial score (nSPS) is 24.6. The second-order valence-electron chi connectivity index (χ2n) is 6.59. The average Bonchev–Trinajstić information content (AvgIpc) is 2.70. The van der Waals surface area contributed by atoms with Gasteiger partial charge in [0.05, 0.1) is 7.11 Å². The predicted octanol–water partition coefficient (Wildman–Crippen LogP) is 0.457. The van der Waals surface area contributed by atoms with E-state index in [1.165, 1.54) is 24.3 Å². The maximum absolute atomic E-state index is 12.4. The highest BCUT2D eigenvalue weighted by Gasteiger charge is 2.56. The standard InChI is InChI=1S/C20H22O12/c1-9(21)28-14-15(29-10(2)22)17(30-11(3)23)20(32-16(14)19(26)27-4)31-13-8-6-5-7-12(13)18(24)25/h5-8,14-17,20H,1-4H3,(H,24,25)/t14-,15+,16?,17+,20-/m0/s1. The van der Waals surface area contributed by atoms with Gasteiger partial charge in [0.2, 0.25) is 12.4 Å². The third kappa shape index (κ3) is 5.94. The summed E-state index contributed by atoms with van der Waals surface area (Å²) in [6, 6.07) is 5.50. The van der Waals surface area contributed by atoms with Crippen LogP contribution in [0.5, 0.6) is 5.75 Å². The Morgan fingerprint density at radius 3 is 1.91 bits per heavy atom. The Bertz CT molecular complexity index is 894. The summed E-state index contributed by atoms with van der Waals surface area (Å²) in [4.78, 5) is 59.0. The molecule has 0 radical (unpaired) electrons. The van der Waals surface area contributed by atoms with E-state index in [1.807, 2.05) is 0 Å². The van der Waals surface area contributed by atoms with E-state index >= 15 is 0 Å². The molecule has 1 N–H and O–H groups in total. The molecule has 1 aliphatic heterocycles. The van der Waals surface area contributed by atoms with Crippen molar-refractivity contribution in [2.75, 3.05) is 7.11 Å². The van der Waals surface area contributed by atoms with Gasteiger partial charge in [-0.25, -0.2) is 9.59 Å². The van der Waals surface area contributed by atoms with Gasteiger partial charge in [0.25, 0.3) is 0 Å². The first kappa shape index (κ1) is 24.6. The molecule has 0 bridgehead atoms. The quantitative estimate of drug-likeness (QED) is 0.448. The highest BCUT2D eigenvalue weighted by atomic mass is 16.7. The van der Waals surface area contributed by atoms with Gasteiger partial charge in [-0.1, -0.05) is 12.1 Å². The summed E-state index contributed by atoms with van der Waals surface area (Å²) in [7, 11) is 1.05. The first-order valence-corrected chi connectivity index (χ1v) is 9.29. The van der Waals surface area contributed by atoms with Gasteiger partial charge in [0, 0.05) is 20.8 Å². The number of carbonyl (C=O) groups excluding carboxylic acids is 4. The minimum atomic E-state index is -1.65. The molecule has 1 saturated heterocycles. The molecule has 12 nitrogen and oxygen atoms in total. The Morgan fingerprint density at radius 1 is 0.844 bits per heavy atom. The molecule has 1 fully saturated rings. The summed E-state index contributed by atoms with van der Waals surface area (Å²) < 4.78 is 31.4. The lowest BCUT2D eigenvalue weighted by Crippen LogP contribution is -2.64. The number of carboxylic acid groups (broad SMARTS) is 1. The van der Waals surface area contributed by atoms with Crippen molar-refractivity contribution in [3.8, 4) is 5.75 Å². The fraction of sp³-hybridized carbons (Fsp3) is 0.450. The second-order valence-corrected chi connectivity index (χ2v) is 6.59. The van der Waals surface area contributed by atoms with Gasteiger partial charge in [-0.2, -0.15) is 0 Å². The minimum absolute atomic E-state index is 0.182. The van der Waals surface area contributed by atoms with Crippen molar-refractivity contribution >= 4 is 29.8 Å². The molecule has 174 valence electrons. The van der Waals surface area contributed by atoms with Crippen LogP contribution in [-0.4, -0.2) is 72.8 Å². The van der Waals surface area contributed by atoms with Gasteiger partial charge in [0.15, 0.2) is 18.3 Å². The van der Waals surface area contributed by atoms with Crippen LogP contribution in [-0.2, 0) is 42.9 Å². The number of carboxylic acids is 1. The van der Waals surface area contributed by atoms with Gasteiger partial charge in [-0.05, 0) is 12.1 Å². The van der Waals surface area contributed by atoms with E-state index in [1.54, 1.807) is 0 Å². The summed E-state index contributed by atoms with van der Waals surface area (Å²) in [6.45, 7) is 3.15. The van der Waals surface area contributed by atoms with Crippen molar-refractivity contribution in [2.45, 2.75) is 51.5 Å². The van der Waals surface area contributed by atoms with Crippen molar-refractivity contribution in [3.05, 3.63) is 29.8 Å². The molecule has 5 atom stereocenters. The van der Waals surface area contributed by atoms with Gasteiger partial charge >= 0.3 is 29.8 Å². The average molecular weight is 454 g/mol. The van der Waals surface area contributed by atoms with Crippen molar-refractivity contribution in [1.82, 2.24) is 0 Å². The third-order valence-electron chi connectivity index (χ3n) is 4.20. The number of hydrogen-bond acceptors (Lipinski definition) is 11. The van der Waals surface area contributed by atoms with E-state index in [-0.39, 0.29) is 11.3 Å². The van der Waals surface area contributed by atoms with Crippen LogP contribution >= 0.6 is 0 Å². The fourth-order valence-corrected chi connectivity index (χ4v) is 3.05. The number of hydrogen-bond donors (Lipinski definition) is 1. The number of carbonyl (C=O) groups is 5. The molecule has 32 heavy (non-hydrogen) atoms. The summed E-state index contributed by atoms with van der Waals surface area (Å²) in [5.41, 5.74) is -0.251. The summed E-state index contributed by atoms with van der Waals surface area (Å²) in [5.74, 6) is -5.04. The smallest absolute Gasteiger partial charge is 0.339 e. The molecule has 1 aliphatic rings. The van der Waals surface area contributed by atoms with Crippen molar-refractivity contribution in [3.63, 3.8) is 0 Å². The molecule has 2 rings (SSSR count). The zero-order chi connectivity index (χ0) is 24.0. The summed E-state index contributed by atoms with van der Waals surface area (Å²) in [6.07, 6.45) is -7.92. The molecular formula is C20H22O12. The van der Waals surface area contributed by atoms with Crippen LogP contribution in [0.4, 0.5) is 0 Å².